The largest absolute Gasteiger partial charge is 0.484 e. The molecule has 0 atom stereocenters. The smallest absolute Gasteiger partial charge is 0.453 e. The molecule has 0 saturated heterocycles. The molecular weight excluding hydrogens is 499 g/mol. The molecule has 0 unspecified atom stereocenters. The lowest BCUT2D eigenvalue weighted by Crippen LogP contribution is -2.21. The third-order valence-electron chi connectivity index (χ3n) is 5.86. The van der Waals surface area contributed by atoms with E-state index in [1.54, 1.807) is 24.3 Å². The maximum Gasteiger partial charge on any atom is 0.453 e. The summed E-state index contributed by atoms with van der Waals surface area (Å²) in [5, 5.41) is 2.65. The number of halogens is 3. The minimum atomic E-state index is -4.99. The highest BCUT2D eigenvalue weighted by Gasteiger charge is 2.40. The second kappa shape index (κ2) is 11.0. The molecule has 0 saturated carbocycles. The van der Waals surface area contributed by atoms with Crippen molar-refractivity contribution in [3.63, 3.8) is 0 Å². The predicted molar refractivity (Wildman–Crippen MR) is 138 cm³/mol. The molecule has 1 N–H and O–H groups in total. The van der Waals surface area contributed by atoms with Crippen LogP contribution < -0.4 is 20.2 Å². The monoisotopic (exact) mass is 525 g/mol. The summed E-state index contributed by atoms with van der Waals surface area (Å²) in [6, 6.07) is 17.5. The Labute approximate surface area is 217 Å². The number of alkyl halides is 3. The average Bonchev–Trinajstić information content (AvgIpc) is 2.89. The van der Waals surface area contributed by atoms with Gasteiger partial charge in [0.15, 0.2) is 6.61 Å². The van der Waals surface area contributed by atoms with Gasteiger partial charge in [-0.3, -0.25) is 9.59 Å². The van der Waals surface area contributed by atoms with E-state index in [1.165, 1.54) is 24.3 Å². The summed E-state index contributed by atoms with van der Waals surface area (Å²) >= 11 is 0. The van der Waals surface area contributed by atoms with Crippen LogP contribution in [-0.4, -0.2) is 12.5 Å². The van der Waals surface area contributed by atoms with E-state index in [4.69, 9.17) is 13.9 Å². The number of amides is 1. The van der Waals surface area contributed by atoms with Gasteiger partial charge in [0.2, 0.25) is 11.2 Å². The Kier molecular flexibility index (Phi) is 7.75. The number of hydrogen-bond acceptors (Lipinski definition) is 5. The van der Waals surface area contributed by atoms with E-state index < -0.39 is 35.6 Å². The van der Waals surface area contributed by atoms with Gasteiger partial charge in [0.1, 0.15) is 17.1 Å². The van der Waals surface area contributed by atoms with Gasteiger partial charge in [-0.2, -0.15) is 13.2 Å². The second-order valence-corrected chi connectivity index (χ2v) is 8.92. The quantitative estimate of drug-likeness (QED) is 0.261. The molecular formula is C29H26F3NO5. The Morgan fingerprint density at radius 3 is 2.34 bits per heavy atom. The highest BCUT2D eigenvalue weighted by molar-refractivity contribution is 5.92. The van der Waals surface area contributed by atoms with Crippen LogP contribution in [0.25, 0.3) is 11.0 Å². The highest BCUT2D eigenvalue weighted by Crippen LogP contribution is 2.38. The molecule has 0 aliphatic carbocycles. The van der Waals surface area contributed by atoms with Crippen LogP contribution in [0.5, 0.6) is 17.2 Å². The van der Waals surface area contributed by atoms with Crippen molar-refractivity contribution >= 4 is 22.6 Å². The van der Waals surface area contributed by atoms with Crippen LogP contribution in [0.1, 0.15) is 43.6 Å². The van der Waals surface area contributed by atoms with E-state index in [2.05, 4.69) is 5.32 Å². The van der Waals surface area contributed by atoms with Gasteiger partial charge >= 0.3 is 6.18 Å². The molecule has 0 aliphatic rings. The molecule has 0 aliphatic heterocycles. The van der Waals surface area contributed by atoms with E-state index >= 15 is 0 Å². The van der Waals surface area contributed by atoms with Crippen molar-refractivity contribution in [3.8, 4) is 17.2 Å². The van der Waals surface area contributed by atoms with Crippen LogP contribution in [0.3, 0.4) is 0 Å². The van der Waals surface area contributed by atoms with Crippen molar-refractivity contribution < 1.29 is 31.9 Å². The lowest BCUT2D eigenvalue weighted by atomic mass is 10.0. The molecule has 4 aromatic rings. The molecule has 198 valence electrons. The summed E-state index contributed by atoms with van der Waals surface area (Å²) in [6.45, 7) is 5.53. The topological polar surface area (TPSA) is 77.8 Å². The first-order valence-corrected chi connectivity index (χ1v) is 12.0. The Hall–Kier alpha value is -4.27. The number of ether oxygens (including phenoxy) is 2. The standard InChI is InChI=1S/C29H26F3NO5/c1-4-18-9-11-19(12-10-18)37-27-26(35)22-14-13-20(15-24(22)38-28(27)29(30,31)32)36-16-25(34)33-23-8-6-5-7-21(23)17(2)3/h5-15,17H,4,16H2,1-3H3,(H,33,34). The maximum absolute atomic E-state index is 13.8. The Bertz CT molecular complexity index is 1510. The van der Waals surface area contributed by atoms with Crippen molar-refractivity contribution in [3.05, 3.63) is 93.8 Å². The molecule has 0 radical (unpaired) electrons. The zero-order chi connectivity index (χ0) is 27.4. The minimum absolute atomic E-state index is 0.0601. The number of carbonyl (C=O) groups is 1. The van der Waals surface area contributed by atoms with Crippen molar-refractivity contribution in [1.82, 2.24) is 0 Å². The zero-order valence-corrected chi connectivity index (χ0v) is 21.0. The van der Waals surface area contributed by atoms with Crippen molar-refractivity contribution in [2.24, 2.45) is 0 Å². The summed E-state index contributed by atoms with van der Waals surface area (Å²) < 4.78 is 57.4. The van der Waals surface area contributed by atoms with Gasteiger partial charge in [0, 0.05) is 11.8 Å². The van der Waals surface area contributed by atoms with Gasteiger partial charge in [-0.05, 0) is 53.8 Å². The van der Waals surface area contributed by atoms with E-state index in [0.717, 1.165) is 23.6 Å². The summed E-state index contributed by atoms with van der Waals surface area (Å²) in [4.78, 5) is 25.4. The van der Waals surface area contributed by atoms with Gasteiger partial charge in [-0.1, -0.05) is 51.1 Å². The average molecular weight is 526 g/mol. The van der Waals surface area contributed by atoms with Crippen LogP contribution in [0, 0.1) is 0 Å². The fourth-order valence-electron chi connectivity index (χ4n) is 3.89. The number of rotatable bonds is 8. The summed E-state index contributed by atoms with van der Waals surface area (Å²) in [5.41, 5.74) is 1.23. The van der Waals surface area contributed by atoms with Crippen LogP contribution in [0.4, 0.5) is 18.9 Å². The lowest BCUT2D eigenvalue weighted by Gasteiger charge is -2.15. The molecule has 9 heteroatoms. The minimum Gasteiger partial charge on any atom is -0.484 e. The van der Waals surface area contributed by atoms with Crippen molar-refractivity contribution in [1.29, 1.82) is 0 Å². The third-order valence-corrected chi connectivity index (χ3v) is 5.86. The second-order valence-electron chi connectivity index (χ2n) is 8.92. The number of nitrogens with one attached hydrogen (secondary N) is 1. The van der Waals surface area contributed by atoms with E-state index in [1.807, 2.05) is 32.9 Å². The molecule has 6 nitrogen and oxygen atoms in total. The number of carbonyl (C=O) groups excluding carboxylic acids is 1. The number of benzene rings is 3. The molecule has 1 aromatic heterocycles. The highest BCUT2D eigenvalue weighted by atomic mass is 19.4. The Morgan fingerprint density at radius 1 is 1.00 bits per heavy atom. The molecule has 0 bridgehead atoms. The Balaban J connectivity index is 1.58. The fourth-order valence-corrected chi connectivity index (χ4v) is 3.89. The van der Waals surface area contributed by atoms with Gasteiger partial charge in [0.05, 0.1) is 5.39 Å². The van der Waals surface area contributed by atoms with Gasteiger partial charge in [-0.15, -0.1) is 0 Å². The van der Waals surface area contributed by atoms with E-state index in [-0.39, 0.29) is 28.4 Å². The number of aryl methyl sites for hydroxylation is 1. The molecule has 1 amide bonds. The fraction of sp³-hybridized carbons (Fsp3) is 0.241. The molecule has 0 fully saturated rings. The number of hydrogen-bond donors (Lipinski definition) is 1. The van der Waals surface area contributed by atoms with Crippen LogP contribution in [-0.2, 0) is 17.4 Å². The number of para-hydroxylation sites is 1. The van der Waals surface area contributed by atoms with Crippen molar-refractivity contribution in [2.45, 2.75) is 39.3 Å². The van der Waals surface area contributed by atoms with E-state index in [9.17, 15) is 22.8 Å². The number of fused-ring (bicyclic) bond motifs is 1. The van der Waals surface area contributed by atoms with Gasteiger partial charge < -0.3 is 19.2 Å². The van der Waals surface area contributed by atoms with Gasteiger partial charge in [-0.25, -0.2) is 0 Å². The molecule has 3 aromatic carbocycles. The third kappa shape index (κ3) is 5.99. The van der Waals surface area contributed by atoms with Crippen LogP contribution in [0.15, 0.2) is 75.9 Å². The normalized spacial score (nSPS) is 11.6. The first-order chi connectivity index (χ1) is 18.1. The first-order valence-electron chi connectivity index (χ1n) is 12.0. The SMILES string of the molecule is CCc1ccc(Oc2c(C(F)(F)F)oc3cc(OCC(=O)Nc4ccccc4C(C)C)ccc3c2=O)cc1. The van der Waals surface area contributed by atoms with E-state index in [0.29, 0.717) is 5.69 Å². The van der Waals surface area contributed by atoms with Crippen LogP contribution in [0.2, 0.25) is 0 Å². The molecule has 1 heterocycles. The summed E-state index contributed by atoms with van der Waals surface area (Å²) in [6.07, 6.45) is -4.25. The predicted octanol–water partition coefficient (Wildman–Crippen LogP) is 7.31. The first kappa shape index (κ1) is 26.8. The lowest BCUT2D eigenvalue weighted by molar-refractivity contribution is -0.154. The zero-order valence-electron chi connectivity index (χ0n) is 21.0. The van der Waals surface area contributed by atoms with Gasteiger partial charge in [0.25, 0.3) is 11.7 Å². The molecule has 0 spiro atoms. The Morgan fingerprint density at radius 2 is 1.68 bits per heavy atom. The van der Waals surface area contributed by atoms with Crippen molar-refractivity contribution in [2.75, 3.05) is 11.9 Å². The molecule has 4 rings (SSSR count). The number of anilines is 1. The van der Waals surface area contributed by atoms with Crippen LogP contribution >= 0.6 is 0 Å². The summed E-state index contributed by atoms with van der Waals surface area (Å²) in [7, 11) is 0. The molecule has 38 heavy (non-hydrogen) atoms. The summed E-state index contributed by atoms with van der Waals surface area (Å²) in [5.74, 6) is -2.65. The maximum atomic E-state index is 13.8.